The molecule has 2 aromatic heterocycles. The molecule has 12 heteroatoms. The molecule has 0 radical (unpaired) electrons. The molecule has 0 saturated carbocycles. The zero-order valence-corrected chi connectivity index (χ0v) is 18.8. The molecule has 1 unspecified atom stereocenters. The van der Waals surface area contributed by atoms with E-state index >= 15 is 4.39 Å². The molecule has 5 rings (SSSR count). The molecule has 172 valence electrons. The second-order valence-corrected chi connectivity index (χ2v) is 8.66. The highest BCUT2D eigenvalue weighted by Gasteiger charge is 2.29. The van der Waals surface area contributed by atoms with Crippen LogP contribution in [0, 0.1) is 23.0 Å². The Labute approximate surface area is 199 Å². The first kappa shape index (κ1) is 22.1. The summed E-state index contributed by atoms with van der Waals surface area (Å²) in [5, 5.41) is 12.5. The van der Waals surface area contributed by atoms with Crippen LogP contribution >= 0.6 is 23.2 Å². The summed E-state index contributed by atoms with van der Waals surface area (Å²) in [7, 11) is 0. The number of aromatic nitrogens is 4. The molecule has 2 heterocycles. The molecule has 1 aliphatic carbocycles. The van der Waals surface area contributed by atoms with Crippen LogP contribution in [0.3, 0.4) is 0 Å². The maximum Gasteiger partial charge on any atom is 0.349 e. The van der Waals surface area contributed by atoms with Gasteiger partial charge in [-0.2, -0.15) is 9.94 Å². The van der Waals surface area contributed by atoms with Gasteiger partial charge in [0.25, 0.3) is 5.56 Å². The smallest absolute Gasteiger partial charge is 0.349 e. The zero-order valence-electron chi connectivity index (χ0n) is 17.3. The van der Waals surface area contributed by atoms with E-state index in [0.29, 0.717) is 6.42 Å². The summed E-state index contributed by atoms with van der Waals surface area (Å²) >= 11 is 12.6. The van der Waals surface area contributed by atoms with Gasteiger partial charge in [-0.25, -0.2) is 13.6 Å². The van der Waals surface area contributed by atoms with E-state index in [2.05, 4.69) is 10.1 Å². The molecule has 0 fully saturated rings. The number of hydrogen-bond acceptors (Lipinski definition) is 5. The molecule has 1 aliphatic rings. The number of nitrogens with one attached hydrogen (secondary N) is 2. The Bertz CT molecular complexity index is 1650. The van der Waals surface area contributed by atoms with Gasteiger partial charge in [0.15, 0.2) is 23.1 Å². The van der Waals surface area contributed by atoms with Crippen molar-refractivity contribution in [1.29, 1.82) is 5.26 Å². The Morgan fingerprint density at radius 1 is 1.21 bits per heavy atom. The third kappa shape index (κ3) is 3.36. The standard InChI is InChI=1S/C22H13Cl2F2N5O3/c1-8-2-3-13-16(8)17-18(26)15(6-12(25)19(17)28-13)34-20-10(23)4-9(5-11(20)24)31-22(33)29-21(32)14(7-27)30-31/h4-6,8,28H,2-3H2,1H3,(H,29,32,33). The summed E-state index contributed by atoms with van der Waals surface area (Å²) in [5.41, 5.74) is -0.815. The molecule has 2 aromatic carbocycles. The van der Waals surface area contributed by atoms with Crippen LogP contribution in [0.1, 0.15) is 36.2 Å². The van der Waals surface area contributed by atoms with Crippen LogP contribution < -0.4 is 16.0 Å². The zero-order chi connectivity index (χ0) is 24.3. The van der Waals surface area contributed by atoms with Crippen molar-refractivity contribution in [1.82, 2.24) is 19.7 Å². The number of fused-ring (bicyclic) bond motifs is 3. The molecular weight excluding hydrogens is 491 g/mol. The predicted octanol–water partition coefficient (Wildman–Crippen LogP) is 4.70. The average molecular weight is 504 g/mol. The Morgan fingerprint density at radius 2 is 1.91 bits per heavy atom. The van der Waals surface area contributed by atoms with Crippen molar-refractivity contribution in [3.05, 3.63) is 77.7 Å². The second kappa shape index (κ2) is 7.97. The molecule has 0 aliphatic heterocycles. The number of nitrogens with zero attached hydrogens (tertiary/aromatic N) is 3. The lowest BCUT2D eigenvalue weighted by Crippen LogP contribution is -2.33. The molecular formula is C22H13Cl2F2N5O3. The molecule has 8 nitrogen and oxygen atoms in total. The number of aryl methyl sites for hydroxylation is 1. The third-order valence-corrected chi connectivity index (χ3v) is 6.31. The lowest BCUT2D eigenvalue weighted by molar-refractivity contribution is 0.441. The lowest BCUT2D eigenvalue weighted by Gasteiger charge is -2.14. The normalized spacial score (nSPS) is 14.9. The fourth-order valence-electron chi connectivity index (χ4n) is 4.19. The SMILES string of the molecule is CC1CCc2[nH]c3c(F)cc(Oc4c(Cl)cc(-n5nc(C#N)c(=O)[nH]c5=O)cc4Cl)c(F)c3c21. The van der Waals surface area contributed by atoms with Crippen molar-refractivity contribution in [2.24, 2.45) is 0 Å². The summed E-state index contributed by atoms with van der Waals surface area (Å²) in [6.45, 7) is 1.95. The van der Waals surface area contributed by atoms with E-state index in [1.165, 1.54) is 12.1 Å². The quantitative estimate of drug-likeness (QED) is 0.420. The van der Waals surface area contributed by atoms with Crippen LogP contribution in [0.5, 0.6) is 11.5 Å². The number of nitriles is 1. The lowest BCUT2D eigenvalue weighted by atomic mass is 10.0. The van der Waals surface area contributed by atoms with E-state index in [9.17, 15) is 14.0 Å². The van der Waals surface area contributed by atoms with Gasteiger partial charge < -0.3 is 9.72 Å². The first-order chi connectivity index (χ1) is 16.2. The molecule has 34 heavy (non-hydrogen) atoms. The number of aromatic amines is 2. The number of ether oxygens (including phenoxy) is 1. The van der Waals surface area contributed by atoms with Gasteiger partial charge in [0.2, 0.25) is 5.69 Å². The predicted molar refractivity (Wildman–Crippen MR) is 120 cm³/mol. The maximum absolute atomic E-state index is 15.5. The van der Waals surface area contributed by atoms with E-state index < -0.39 is 34.3 Å². The summed E-state index contributed by atoms with van der Waals surface area (Å²) in [6, 6.07) is 4.91. The van der Waals surface area contributed by atoms with Crippen molar-refractivity contribution in [2.45, 2.75) is 25.7 Å². The minimum atomic E-state index is -0.945. The van der Waals surface area contributed by atoms with Crippen LogP contribution in [0.4, 0.5) is 8.78 Å². The summed E-state index contributed by atoms with van der Waals surface area (Å²) < 4.78 is 36.6. The molecule has 2 N–H and O–H groups in total. The highest BCUT2D eigenvalue weighted by atomic mass is 35.5. The van der Waals surface area contributed by atoms with Gasteiger partial charge in [0.05, 0.1) is 21.2 Å². The summed E-state index contributed by atoms with van der Waals surface area (Å²) in [6.07, 6.45) is 1.53. The molecule has 0 bridgehead atoms. The van der Waals surface area contributed by atoms with Gasteiger partial charge in [-0.1, -0.05) is 30.1 Å². The average Bonchev–Trinajstić information content (AvgIpc) is 3.34. The monoisotopic (exact) mass is 503 g/mol. The molecule has 0 saturated heterocycles. The van der Waals surface area contributed by atoms with Crippen molar-refractivity contribution in [2.75, 3.05) is 0 Å². The number of hydrogen-bond donors (Lipinski definition) is 2. The van der Waals surface area contributed by atoms with E-state index in [1.54, 1.807) is 6.07 Å². The van der Waals surface area contributed by atoms with Crippen LogP contribution in [-0.4, -0.2) is 19.7 Å². The van der Waals surface area contributed by atoms with Crippen molar-refractivity contribution < 1.29 is 13.5 Å². The van der Waals surface area contributed by atoms with Gasteiger partial charge in [-0.15, -0.1) is 5.10 Å². The van der Waals surface area contributed by atoms with Gasteiger partial charge in [0.1, 0.15) is 6.07 Å². The minimum Gasteiger partial charge on any atom is -0.451 e. The third-order valence-electron chi connectivity index (χ3n) is 5.75. The second-order valence-electron chi connectivity index (χ2n) is 7.85. The van der Waals surface area contributed by atoms with Gasteiger partial charge in [0, 0.05) is 17.1 Å². The maximum atomic E-state index is 15.5. The topological polar surface area (TPSA) is 117 Å². The summed E-state index contributed by atoms with van der Waals surface area (Å²) in [4.78, 5) is 28.6. The Hall–Kier alpha value is -3.68. The van der Waals surface area contributed by atoms with Crippen molar-refractivity contribution in [3.63, 3.8) is 0 Å². The van der Waals surface area contributed by atoms with E-state index in [4.69, 9.17) is 33.2 Å². The molecule has 0 amide bonds. The van der Waals surface area contributed by atoms with Crippen molar-refractivity contribution >= 4 is 34.1 Å². The van der Waals surface area contributed by atoms with Gasteiger partial charge >= 0.3 is 5.69 Å². The first-order valence-electron chi connectivity index (χ1n) is 10.0. The van der Waals surface area contributed by atoms with Crippen LogP contribution in [0.15, 0.2) is 27.8 Å². The van der Waals surface area contributed by atoms with Crippen LogP contribution in [0.2, 0.25) is 10.0 Å². The number of benzene rings is 2. The fraction of sp³-hybridized carbons (Fsp3) is 0.182. The number of halogens is 4. The van der Waals surface area contributed by atoms with Crippen molar-refractivity contribution in [3.8, 4) is 23.3 Å². The molecule has 4 aromatic rings. The van der Waals surface area contributed by atoms with Gasteiger partial charge in [-0.05, 0) is 36.5 Å². The Kier molecular flexibility index (Phi) is 5.19. The highest BCUT2D eigenvalue weighted by molar-refractivity contribution is 6.37. The largest absolute Gasteiger partial charge is 0.451 e. The first-order valence-corrected chi connectivity index (χ1v) is 10.8. The number of rotatable bonds is 3. The minimum absolute atomic E-state index is 0.0134. The van der Waals surface area contributed by atoms with Crippen LogP contribution in [-0.2, 0) is 6.42 Å². The highest BCUT2D eigenvalue weighted by Crippen LogP contribution is 2.44. The fourth-order valence-corrected chi connectivity index (χ4v) is 4.74. The molecule has 1 atom stereocenters. The summed E-state index contributed by atoms with van der Waals surface area (Å²) in [5.74, 6) is -1.97. The van der Waals surface area contributed by atoms with E-state index in [-0.39, 0.29) is 38.3 Å². The Morgan fingerprint density at radius 3 is 2.59 bits per heavy atom. The molecule has 0 spiro atoms. The van der Waals surface area contributed by atoms with Crippen LogP contribution in [0.25, 0.3) is 16.6 Å². The Balaban J connectivity index is 1.60. The number of H-pyrrole nitrogens is 2. The van der Waals surface area contributed by atoms with Gasteiger partial charge in [-0.3, -0.25) is 9.78 Å². The van der Waals surface area contributed by atoms with E-state index in [1.807, 2.05) is 11.9 Å². The van der Waals surface area contributed by atoms with E-state index in [0.717, 1.165) is 28.4 Å².